The number of pyridine rings is 1. The molecule has 3 heterocycles. The van der Waals surface area contributed by atoms with Gasteiger partial charge in [0.2, 0.25) is 5.91 Å². The second-order valence-corrected chi connectivity index (χ2v) is 7.55. The van der Waals surface area contributed by atoms with Gasteiger partial charge in [-0.05, 0) is 45.8 Å². The molecule has 3 aromatic rings. The molecule has 142 valence electrons. The maximum Gasteiger partial charge on any atom is 0.240 e. The molecule has 1 atom stereocenters. The van der Waals surface area contributed by atoms with Crippen LogP contribution in [0.4, 0.5) is 5.82 Å². The Balaban J connectivity index is 1.65. The highest BCUT2D eigenvalue weighted by molar-refractivity contribution is 9.11. The number of nitrogens with one attached hydrogen (secondary N) is 3. The molecule has 2 aromatic heterocycles. The minimum absolute atomic E-state index is 0.188. The van der Waals surface area contributed by atoms with Crippen molar-refractivity contribution in [1.29, 1.82) is 5.41 Å². The number of aromatic amines is 1. The van der Waals surface area contributed by atoms with E-state index in [4.69, 9.17) is 11.1 Å². The number of rotatable bonds is 2. The van der Waals surface area contributed by atoms with E-state index in [1.165, 1.54) is 0 Å². The molecule has 9 heteroatoms. The molecule has 5 rings (SSSR count). The van der Waals surface area contributed by atoms with Crippen LogP contribution >= 0.6 is 15.9 Å². The van der Waals surface area contributed by atoms with Crippen molar-refractivity contribution in [3.8, 4) is 0 Å². The molecule has 2 aliphatic rings. The molecule has 0 bridgehead atoms. The van der Waals surface area contributed by atoms with Gasteiger partial charge in [-0.2, -0.15) is 5.10 Å². The zero-order valence-electron chi connectivity index (χ0n) is 14.9. The van der Waals surface area contributed by atoms with Crippen LogP contribution in [0, 0.1) is 11.3 Å². The Kier molecular flexibility index (Phi) is 3.92. The number of amides is 1. The van der Waals surface area contributed by atoms with Gasteiger partial charge in [0.05, 0.1) is 23.1 Å². The molecular formula is C20H14BrN7O. The molecule has 29 heavy (non-hydrogen) atoms. The average molecular weight is 448 g/mol. The highest BCUT2D eigenvalue weighted by atomic mass is 79.9. The van der Waals surface area contributed by atoms with Crippen molar-refractivity contribution >= 4 is 55.7 Å². The number of amidine groups is 1. The second kappa shape index (κ2) is 6.49. The van der Waals surface area contributed by atoms with Crippen molar-refractivity contribution in [1.82, 2.24) is 20.5 Å². The van der Waals surface area contributed by atoms with Gasteiger partial charge in [-0.15, -0.1) is 0 Å². The SMILES string of the molecule is N=C1C(c2cccc3[nH]ncc23)=CC(Br)=C2N=C(c3ccc(N)nc3)NC(=O)C12. The molecular weight excluding hydrogens is 434 g/mol. The minimum atomic E-state index is -0.808. The lowest BCUT2D eigenvalue weighted by Crippen LogP contribution is -2.45. The predicted octanol–water partition coefficient (Wildman–Crippen LogP) is 2.76. The Morgan fingerprint density at radius 2 is 2.03 bits per heavy atom. The number of benzene rings is 1. The zero-order valence-corrected chi connectivity index (χ0v) is 16.5. The van der Waals surface area contributed by atoms with Gasteiger partial charge in [0.25, 0.3) is 0 Å². The van der Waals surface area contributed by atoms with Crippen molar-refractivity contribution in [3.05, 3.63) is 70.1 Å². The van der Waals surface area contributed by atoms with Gasteiger partial charge < -0.3 is 16.5 Å². The smallest absolute Gasteiger partial charge is 0.240 e. The standard InChI is InChI=1S/C20H14BrN7O/c21-13-6-11(10-2-1-3-14-12(10)8-25-28-14)17(23)16-18(13)26-19(27-20(16)29)9-4-5-15(22)24-7-9/h1-8,16,23H,(H2,22,24)(H,25,28)(H,26,27,29). The molecule has 1 aliphatic heterocycles. The number of fused-ring (bicyclic) bond motifs is 2. The molecule has 1 aromatic carbocycles. The van der Waals surface area contributed by atoms with Crippen LogP contribution in [0.15, 0.2) is 64.0 Å². The number of carbonyl (C=O) groups is 1. The first-order valence-corrected chi connectivity index (χ1v) is 9.56. The van der Waals surface area contributed by atoms with Crippen LogP contribution in [0.3, 0.4) is 0 Å². The van der Waals surface area contributed by atoms with Gasteiger partial charge in [0.15, 0.2) is 0 Å². The molecule has 0 saturated carbocycles. The Morgan fingerprint density at radius 1 is 1.17 bits per heavy atom. The lowest BCUT2D eigenvalue weighted by Gasteiger charge is -2.29. The second-order valence-electron chi connectivity index (χ2n) is 6.70. The van der Waals surface area contributed by atoms with Gasteiger partial charge in [0.1, 0.15) is 17.6 Å². The fraction of sp³-hybridized carbons (Fsp3) is 0.0500. The molecule has 8 nitrogen and oxygen atoms in total. The maximum atomic E-state index is 12.9. The highest BCUT2D eigenvalue weighted by Gasteiger charge is 2.38. The monoisotopic (exact) mass is 447 g/mol. The van der Waals surface area contributed by atoms with E-state index >= 15 is 0 Å². The van der Waals surface area contributed by atoms with Gasteiger partial charge in [-0.3, -0.25) is 9.89 Å². The number of nitrogens with two attached hydrogens (primary N) is 1. The first-order chi connectivity index (χ1) is 14.0. The van der Waals surface area contributed by atoms with Gasteiger partial charge in [-0.1, -0.05) is 12.1 Å². The molecule has 5 N–H and O–H groups in total. The summed E-state index contributed by atoms with van der Waals surface area (Å²) in [5.74, 6) is -0.353. The summed E-state index contributed by atoms with van der Waals surface area (Å²) in [5.41, 5.74) is 9.31. The van der Waals surface area contributed by atoms with E-state index in [-0.39, 0.29) is 11.6 Å². The number of halogens is 1. The fourth-order valence-corrected chi connectivity index (χ4v) is 4.07. The van der Waals surface area contributed by atoms with E-state index in [9.17, 15) is 4.79 Å². The Labute approximate surface area is 173 Å². The summed E-state index contributed by atoms with van der Waals surface area (Å²) in [6.07, 6.45) is 5.10. The van der Waals surface area contributed by atoms with E-state index in [1.54, 1.807) is 24.5 Å². The molecule has 1 aliphatic carbocycles. The molecule has 0 fully saturated rings. The van der Waals surface area contributed by atoms with Crippen molar-refractivity contribution in [2.45, 2.75) is 0 Å². The average Bonchev–Trinajstić information content (AvgIpc) is 3.20. The van der Waals surface area contributed by atoms with Crippen LogP contribution in [0.2, 0.25) is 0 Å². The van der Waals surface area contributed by atoms with Crippen molar-refractivity contribution in [2.24, 2.45) is 10.9 Å². The summed E-state index contributed by atoms with van der Waals surface area (Å²) < 4.78 is 0.657. The third-order valence-electron chi connectivity index (χ3n) is 4.94. The molecule has 0 radical (unpaired) electrons. The van der Waals surface area contributed by atoms with Gasteiger partial charge in [-0.25, -0.2) is 9.98 Å². The van der Waals surface area contributed by atoms with E-state index in [2.05, 4.69) is 41.4 Å². The van der Waals surface area contributed by atoms with Crippen molar-refractivity contribution in [3.63, 3.8) is 0 Å². The van der Waals surface area contributed by atoms with Crippen molar-refractivity contribution < 1.29 is 4.79 Å². The Bertz CT molecular complexity index is 1280. The van der Waals surface area contributed by atoms with E-state index in [0.717, 1.165) is 16.5 Å². The number of anilines is 1. The maximum absolute atomic E-state index is 12.9. The fourth-order valence-electron chi connectivity index (χ4n) is 3.53. The number of carbonyl (C=O) groups excluding carboxylic acids is 1. The number of nitrogen functional groups attached to an aromatic ring is 1. The first kappa shape index (κ1) is 17.5. The van der Waals surface area contributed by atoms with Crippen LogP contribution < -0.4 is 11.1 Å². The van der Waals surface area contributed by atoms with Gasteiger partial charge >= 0.3 is 0 Å². The summed E-state index contributed by atoms with van der Waals surface area (Å²) in [6, 6.07) is 9.11. The molecule has 1 unspecified atom stereocenters. The van der Waals surface area contributed by atoms with Crippen LogP contribution in [0.25, 0.3) is 16.5 Å². The Morgan fingerprint density at radius 3 is 2.83 bits per heavy atom. The number of H-pyrrole nitrogens is 1. The minimum Gasteiger partial charge on any atom is -0.384 e. The van der Waals surface area contributed by atoms with Crippen LogP contribution in [0.5, 0.6) is 0 Å². The normalized spacial score (nSPS) is 19.0. The van der Waals surface area contributed by atoms with Crippen molar-refractivity contribution in [2.75, 3.05) is 5.73 Å². The largest absolute Gasteiger partial charge is 0.384 e. The third kappa shape index (κ3) is 2.78. The Hall–Kier alpha value is -3.59. The van der Waals surface area contributed by atoms with Crippen LogP contribution in [-0.4, -0.2) is 32.6 Å². The van der Waals surface area contributed by atoms with E-state index < -0.39 is 5.92 Å². The summed E-state index contributed by atoms with van der Waals surface area (Å²) in [7, 11) is 0. The summed E-state index contributed by atoms with van der Waals surface area (Å²) in [5, 5.41) is 19.4. The summed E-state index contributed by atoms with van der Waals surface area (Å²) in [4.78, 5) is 21.6. The number of aliphatic imine (C=N–C) groups is 1. The zero-order chi connectivity index (χ0) is 20.1. The first-order valence-electron chi connectivity index (χ1n) is 8.77. The summed E-state index contributed by atoms with van der Waals surface area (Å²) in [6.45, 7) is 0. The highest BCUT2D eigenvalue weighted by Crippen LogP contribution is 2.39. The van der Waals surface area contributed by atoms with Crippen LogP contribution in [-0.2, 0) is 4.79 Å². The number of aromatic nitrogens is 3. The molecule has 0 saturated heterocycles. The topological polar surface area (TPSA) is 133 Å². The lowest BCUT2D eigenvalue weighted by molar-refractivity contribution is -0.121. The molecule has 0 spiro atoms. The number of hydrogen-bond donors (Lipinski definition) is 4. The molecule has 1 amide bonds. The third-order valence-corrected chi connectivity index (χ3v) is 5.57. The number of nitrogens with zero attached hydrogens (tertiary/aromatic N) is 3. The number of allylic oxidation sites excluding steroid dienone is 3. The van der Waals surface area contributed by atoms with Crippen LogP contribution in [0.1, 0.15) is 11.1 Å². The van der Waals surface area contributed by atoms with E-state index in [1.807, 2.05) is 24.3 Å². The lowest BCUT2D eigenvalue weighted by atomic mass is 9.83. The predicted molar refractivity (Wildman–Crippen MR) is 115 cm³/mol. The number of hydrogen-bond acceptors (Lipinski definition) is 6. The summed E-state index contributed by atoms with van der Waals surface area (Å²) >= 11 is 3.55. The van der Waals surface area contributed by atoms with Gasteiger partial charge in [0, 0.05) is 27.2 Å². The van der Waals surface area contributed by atoms with E-state index in [0.29, 0.717) is 33.0 Å². The quantitative estimate of drug-likeness (QED) is 0.480.